The standard InChI is InChI=1S/C11H14O3S/c1-9-3-2-4-10(7-9)14-11-5-6-15(12,13)8-11/h2-4,7,11H,5-6,8H2,1H3/t11-/m1/s1. The van der Waals surface area contributed by atoms with E-state index in [1.165, 1.54) is 0 Å². The molecule has 0 aliphatic carbocycles. The molecule has 1 atom stereocenters. The second kappa shape index (κ2) is 3.85. The molecular formula is C11H14O3S. The van der Waals surface area contributed by atoms with Gasteiger partial charge in [-0.3, -0.25) is 0 Å². The lowest BCUT2D eigenvalue weighted by Crippen LogP contribution is -2.17. The molecule has 0 radical (unpaired) electrons. The van der Waals surface area contributed by atoms with E-state index < -0.39 is 9.84 Å². The zero-order chi connectivity index (χ0) is 10.9. The van der Waals surface area contributed by atoms with Crippen molar-refractivity contribution in [3.63, 3.8) is 0 Å². The number of rotatable bonds is 2. The second-order valence-electron chi connectivity index (χ2n) is 3.96. The third-order valence-electron chi connectivity index (χ3n) is 2.48. The first kappa shape index (κ1) is 10.5. The molecule has 1 fully saturated rings. The summed E-state index contributed by atoms with van der Waals surface area (Å²) in [6.45, 7) is 1.98. The maximum atomic E-state index is 11.2. The van der Waals surface area contributed by atoms with Gasteiger partial charge in [0.2, 0.25) is 0 Å². The first-order chi connectivity index (χ1) is 7.05. The van der Waals surface area contributed by atoms with Gasteiger partial charge in [0.25, 0.3) is 0 Å². The van der Waals surface area contributed by atoms with Gasteiger partial charge in [-0.2, -0.15) is 0 Å². The summed E-state index contributed by atoms with van der Waals surface area (Å²) in [5, 5.41) is 0. The van der Waals surface area contributed by atoms with Crippen LogP contribution in [0.2, 0.25) is 0 Å². The van der Waals surface area contributed by atoms with E-state index in [1.54, 1.807) is 0 Å². The maximum absolute atomic E-state index is 11.2. The molecule has 2 rings (SSSR count). The highest BCUT2D eigenvalue weighted by Gasteiger charge is 2.29. The van der Waals surface area contributed by atoms with Crippen LogP contribution in [0.1, 0.15) is 12.0 Å². The van der Waals surface area contributed by atoms with Crippen LogP contribution in [0, 0.1) is 6.92 Å². The first-order valence-electron chi connectivity index (χ1n) is 4.99. The highest BCUT2D eigenvalue weighted by Crippen LogP contribution is 2.20. The third kappa shape index (κ3) is 2.72. The smallest absolute Gasteiger partial charge is 0.154 e. The lowest BCUT2D eigenvalue weighted by atomic mass is 10.2. The molecule has 82 valence electrons. The SMILES string of the molecule is Cc1cccc(O[C@@H]2CCS(=O)(=O)C2)c1. The molecule has 15 heavy (non-hydrogen) atoms. The van der Waals surface area contributed by atoms with Crippen LogP contribution in [0.4, 0.5) is 0 Å². The van der Waals surface area contributed by atoms with Gasteiger partial charge in [-0.05, 0) is 31.0 Å². The van der Waals surface area contributed by atoms with Crippen LogP contribution in [0.5, 0.6) is 5.75 Å². The number of benzene rings is 1. The van der Waals surface area contributed by atoms with Gasteiger partial charge in [0.15, 0.2) is 9.84 Å². The van der Waals surface area contributed by atoms with Crippen LogP contribution in [0.15, 0.2) is 24.3 Å². The maximum Gasteiger partial charge on any atom is 0.154 e. The van der Waals surface area contributed by atoms with Gasteiger partial charge in [0.1, 0.15) is 11.9 Å². The average Bonchev–Trinajstić information content (AvgIpc) is 2.45. The molecule has 0 spiro atoms. The van der Waals surface area contributed by atoms with Crippen LogP contribution in [0.3, 0.4) is 0 Å². The van der Waals surface area contributed by atoms with Gasteiger partial charge in [-0.1, -0.05) is 12.1 Å². The predicted molar refractivity (Wildman–Crippen MR) is 58.9 cm³/mol. The van der Waals surface area contributed by atoms with Crippen molar-refractivity contribution in [3.8, 4) is 5.75 Å². The fourth-order valence-corrected chi connectivity index (χ4v) is 3.32. The lowest BCUT2D eigenvalue weighted by molar-refractivity contribution is 0.229. The molecule has 0 saturated carbocycles. The Labute approximate surface area is 90.0 Å². The van der Waals surface area contributed by atoms with E-state index >= 15 is 0 Å². The Morgan fingerprint density at radius 1 is 1.40 bits per heavy atom. The molecule has 1 saturated heterocycles. The van der Waals surface area contributed by atoms with Crippen molar-refractivity contribution in [2.24, 2.45) is 0 Å². The highest BCUT2D eigenvalue weighted by molar-refractivity contribution is 7.91. The molecule has 0 N–H and O–H groups in total. The van der Waals surface area contributed by atoms with Crippen LogP contribution in [0.25, 0.3) is 0 Å². The summed E-state index contributed by atoms with van der Waals surface area (Å²) in [4.78, 5) is 0. The van der Waals surface area contributed by atoms with Crippen LogP contribution < -0.4 is 4.74 Å². The fraction of sp³-hybridized carbons (Fsp3) is 0.455. The molecule has 1 aromatic rings. The minimum absolute atomic E-state index is 0.154. The largest absolute Gasteiger partial charge is 0.489 e. The summed E-state index contributed by atoms with van der Waals surface area (Å²) < 4.78 is 28.0. The number of hydrogen-bond acceptors (Lipinski definition) is 3. The number of sulfone groups is 1. The lowest BCUT2D eigenvalue weighted by Gasteiger charge is -2.11. The zero-order valence-corrected chi connectivity index (χ0v) is 9.46. The number of ether oxygens (including phenoxy) is 1. The van der Waals surface area contributed by atoms with Gasteiger partial charge in [-0.25, -0.2) is 8.42 Å². The Bertz CT molecular complexity index is 451. The fourth-order valence-electron chi connectivity index (χ4n) is 1.73. The Hall–Kier alpha value is -1.03. The van der Waals surface area contributed by atoms with Crippen molar-refractivity contribution in [1.82, 2.24) is 0 Å². The van der Waals surface area contributed by atoms with E-state index in [0.717, 1.165) is 11.3 Å². The van der Waals surface area contributed by atoms with Crippen molar-refractivity contribution in [2.75, 3.05) is 11.5 Å². The summed E-state index contributed by atoms with van der Waals surface area (Å²) in [5.41, 5.74) is 1.12. The summed E-state index contributed by atoms with van der Waals surface area (Å²) in [6, 6.07) is 7.68. The third-order valence-corrected chi connectivity index (χ3v) is 4.22. The van der Waals surface area contributed by atoms with E-state index in [0.29, 0.717) is 6.42 Å². The van der Waals surface area contributed by atoms with Crippen LogP contribution in [-0.4, -0.2) is 26.0 Å². The van der Waals surface area contributed by atoms with E-state index in [-0.39, 0.29) is 17.6 Å². The van der Waals surface area contributed by atoms with Crippen molar-refractivity contribution >= 4 is 9.84 Å². The second-order valence-corrected chi connectivity index (χ2v) is 6.19. The van der Waals surface area contributed by atoms with Crippen molar-refractivity contribution in [3.05, 3.63) is 29.8 Å². The summed E-state index contributed by atoms with van der Waals surface area (Å²) >= 11 is 0. The Balaban J connectivity index is 2.05. The summed E-state index contributed by atoms with van der Waals surface area (Å²) in [7, 11) is -2.85. The summed E-state index contributed by atoms with van der Waals surface area (Å²) in [5.74, 6) is 1.17. The van der Waals surface area contributed by atoms with Crippen molar-refractivity contribution < 1.29 is 13.2 Å². The minimum atomic E-state index is -2.85. The molecule has 3 nitrogen and oxygen atoms in total. The van der Waals surface area contributed by atoms with Gasteiger partial charge in [0, 0.05) is 0 Å². The molecule has 1 aliphatic rings. The number of aryl methyl sites for hydroxylation is 1. The minimum Gasteiger partial charge on any atom is -0.489 e. The van der Waals surface area contributed by atoms with Gasteiger partial charge in [0.05, 0.1) is 11.5 Å². The molecule has 1 aliphatic heterocycles. The Kier molecular flexibility index (Phi) is 2.69. The molecule has 0 amide bonds. The molecule has 1 aromatic carbocycles. The molecular weight excluding hydrogens is 212 g/mol. The van der Waals surface area contributed by atoms with E-state index in [9.17, 15) is 8.42 Å². The average molecular weight is 226 g/mol. The molecule has 0 aromatic heterocycles. The molecule has 4 heteroatoms. The molecule has 0 bridgehead atoms. The molecule has 1 heterocycles. The summed E-state index contributed by atoms with van der Waals surface area (Å²) in [6.07, 6.45) is 0.438. The quantitative estimate of drug-likeness (QED) is 0.768. The Morgan fingerprint density at radius 3 is 2.80 bits per heavy atom. The number of hydrogen-bond donors (Lipinski definition) is 0. The van der Waals surface area contributed by atoms with Crippen LogP contribution >= 0.6 is 0 Å². The predicted octanol–water partition coefficient (Wildman–Crippen LogP) is 1.56. The normalized spacial score (nSPS) is 23.9. The first-order valence-corrected chi connectivity index (χ1v) is 6.81. The molecule has 0 unspecified atom stereocenters. The van der Waals surface area contributed by atoms with Gasteiger partial charge in [-0.15, -0.1) is 0 Å². The van der Waals surface area contributed by atoms with Crippen molar-refractivity contribution in [2.45, 2.75) is 19.4 Å². The van der Waals surface area contributed by atoms with Gasteiger partial charge < -0.3 is 4.74 Å². The zero-order valence-electron chi connectivity index (χ0n) is 8.64. The Morgan fingerprint density at radius 2 is 2.20 bits per heavy atom. The van der Waals surface area contributed by atoms with Gasteiger partial charge >= 0.3 is 0 Å². The van der Waals surface area contributed by atoms with Crippen LogP contribution in [-0.2, 0) is 9.84 Å². The van der Waals surface area contributed by atoms with E-state index in [1.807, 2.05) is 31.2 Å². The monoisotopic (exact) mass is 226 g/mol. The van der Waals surface area contributed by atoms with Crippen molar-refractivity contribution in [1.29, 1.82) is 0 Å². The van der Waals surface area contributed by atoms with E-state index in [4.69, 9.17) is 4.74 Å². The topological polar surface area (TPSA) is 43.4 Å². The van der Waals surface area contributed by atoms with E-state index in [2.05, 4.69) is 0 Å². The highest BCUT2D eigenvalue weighted by atomic mass is 32.2.